The summed E-state index contributed by atoms with van der Waals surface area (Å²) in [5.41, 5.74) is 5.39. The van der Waals surface area contributed by atoms with Gasteiger partial charge in [0.1, 0.15) is 0 Å². The van der Waals surface area contributed by atoms with Crippen LogP contribution < -0.4 is 11.1 Å². The standard InChI is InChI=1S/C13H24N2O3/c14-8-4-2-1-3-5-12(16)15-11(9-13(17)18)10-6-7-10/h10-11H,1-9,14H2,(H,15,16)(H,17,18). The van der Waals surface area contributed by atoms with Gasteiger partial charge in [-0.1, -0.05) is 12.8 Å². The molecular formula is C13H24N2O3. The van der Waals surface area contributed by atoms with Gasteiger partial charge in [0.2, 0.25) is 5.91 Å². The lowest BCUT2D eigenvalue weighted by molar-refractivity contribution is -0.137. The zero-order valence-electron chi connectivity index (χ0n) is 10.9. The van der Waals surface area contributed by atoms with Gasteiger partial charge < -0.3 is 16.2 Å². The number of carboxylic acids is 1. The average molecular weight is 256 g/mol. The van der Waals surface area contributed by atoms with E-state index in [1.807, 2.05) is 0 Å². The molecule has 0 aromatic rings. The number of carbonyl (C=O) groups is 2. The van der Waals surface area contributed by atoms with Gasteiger partial charge in [-0.15, -0.1) is 0 Å². The number of amides is 1. The second kappa shape index (κ2) is 8.08. The number of rotatable bonds is 10. The Morgan fingerprint density at radius 1 is 1.22 bits per heavy atom. The molecule has 1 aliphatic rings. The first kappa shape index (κ1) is 15.0. The molecule has 0 heterocycles. The molecule has 1 amide bonds. The Balaban J connectivity index is 2.14. The summed E-state index contributed by atoms with van der Waals surface area (Å²) in [5, 5.41) is 11.6. The van der Waals surface area contributed by atoms with Crippen LogP contribution in [0.3, 0.4) is 0 Å². The summed E-state index contributed by atoms with van der Waals surface area (Å²) in [4.78, 5) is 22.4. The topological polar surface area (TPSA) is 92.4 Å². The third-order valence-electron chi connectivity index (χ3n) is 3.29. The minimum atomic E-state index is -0.838. The van der Waals surface area contributed by atoms with E-state index < -0.39 is 5.97 Å². The number of nitrogens with two attached hydrogens (primary N) is 1. The monoisotopic (exact) mass is 256 g/mol. The molecule has 1 saturated carbocycles. The summed E-state index contributed by atoms with van der Waals surface area (Å²) >= 11 is 0. The highest BCUT2D eigenvalue weighted by Gasteiger charge is 2.33. The second-order valence-corrected chi connectivity index (χ2v) is 5.06. The van der Waals surface area contributed by atoms with Gasteiger partial charge in [-0.05, 0) is 38.1 Å². The minimum Gasteiger partial charge on any atom is -0.481 e. The van der Waals surface area contributed by atoms with Gasteiger partial charge in [-0.25, -0.2) is 0 Å². The van der Waals surface area contributed by atoms with Crippen LogP contribution in [0, 0.1) is 5.92 Å². The highest BCUT2D eigenvalue weighted by Crippen LogP contribution is 2.34. The van der Waals surface area contributed by atoms with Crippen molar-refractivity contribution in [1.82, 2.24) is 5.32 Å². The third-order valence-corrected chi connectivity index (χ3v) is 3.29. The summed E-state index contributed by atoms with van der Waals surface area (Å²) in [5.74, 6) is -0.474. The molecule has 1 unspecified atom stereocenters. The van der Waals surface area contributed by atoms with E-state index in [0.717, 1.165) is 38.5 Å². The lowest BCUT2D eigenvalue weighted by Crippen LogP contribution is -2.37. The van der Waals surface area contributed by atoms with Gasteiger partial charge in [0.25, 0.3) is 0 Å². The molecule has 1 fully saturated rings. The number of hydrogen-bond acceptors (Lipinski definition) is 3. The zero-order chi connectivity index (χ0) is 13.4. The number of unbranched alkanes of at least 4 members (excludes halogenated alkanes) is 3. The Labute approximate surface area is 108 Å². The van der Waals surface area contributed by atoms with Crippen LogP contribution in [0.25, 0.3) is 0 Å². The van der Waals surface area contributed by atoms with Crippen molar-refractivity contribution < 1.29 is 14.7 Å². The molecule has 4 N–H and O–H groups in total. The zero-order valence-corrected chi connectivity index (χ0v) is 10.9. The molecule has 0 radical (unpaired) electrons. The highest BCUT2D eigenvalue weighted by atomic mass is 16.4. The molecular weight excluding hydrogens is 232 g/mol. The maximum absolute atomic E-state index is 11.7. The van der Waals surface area contributed by atoms with Crippen molar-refractivity contribution in [2.75, 3.05) is 6.54 Å². The number of hydrogen-bond donors (Lipinski definition) is 3. The van der Waals surface area contributed by atoms with Gasteiger partial charge in [0, 0.05) is 12.5 Å². The van der Waals surface area contributed by atoms with Crippen molar-refractivity contribution in [2.45, 2.75) is 57.4 Å². The Hall–Kier alpha value is -1.10. The van der Waals surface area contributed by atoms with Gasteiger partial charge in [-0.3, -0.25) is 9.59 Å². The number of carboxylic acid groups (broad SMARTS) is 1. The highest BCUT2D eigenvalue weighted by molar-refractivity contribution is 5.77. The summed E-state index contributed by atoms with van der Waals surface area (Å²) < 4.78 is 0. The fourth-order valence-corrected chi connectivity index (χ4v) is 2.08. The summed E-state index contributed by atoms with van der Waals surface area (Å²) in [6.45, 7) is 0.703. The van der Waals surface area contributed by atoms with Crippen LogP contribution in [-0.4, -0.2) is 29.6 Å². The minimum absolute atomic E-state index is 0.0131. The Morgan fingerprint density at radius 3 is 2.44 bits per heavy atom. The van der Waals surface area contributed by atoms with Gasteiger partial charge in [0.15, 0.2) is 0 Å². The molecule has 0 spiro atoms. The smallest absolute Gasteiger partial charge is 0.305 e. The number of nitrogens with one attached hydrogen (secondary N) is 1. The van der Waals surface area contributed by atoms with Crippen LogP contribution >= 0.6 is 0 Å². The SMILES string of the molecule is NCCCCCCC(=O)NC(CC(=O)O)C1CC1. The van der Waals surface area contributed by atoms with Crippen LogP contribution in [0.2, 0.25) is 0 Å². The molecule has 104 valence electrons. The van der Waals surface area contributed by atoms with Crippen molar-refractivity contribution in [2.24, 2.45) is 11.7 Å². The Kier molecular flexibility index (Phi) is 6.72. The van der Waals surface area contributed by atoms with Crippen molar-refractivity contribution in [1.29, 1.82) is 0 Å². The van der Waals surface area contributed by atoms with E-state index in [0.29, 0.717) is 18.9 Å². The fraction of sp³-hybridized carbons (Fsp3) is 0.846. The third kappa shape index (κ3) is 6.59. The first-order valence-corrected chi connectivity index (χ1v) is 6.84. The predicted molar refractivity (Wildman–Crippen MR) is 69.0 cm³/mol. The van der Waals surface area contributed by atoms with E-state index in [1.165, 1.54) is 0 Å². The first-order chi connectivity index (χ1) is 8.63. The van der Waals surface area contributed by atoms with E-state index in [-0.39, 0.29) is 18.4 Å². The molecule has 0 bridgehead atoms. The lowest BCUT2D eigenvalue weighted by Gasteiger charge is -2.16. The maximum Gasteiger partial charge on any atom is 0.305 e. The molecule has 5 heteroatoms. The molecule has 18 heavy (non-hydrogen) atoms. The van der Waals surface area contributed by atoms with Crippen molar-refractivity contribution >= 4 is 11.9 Å². The quantitative estimate of drug-likeness (QED) is 0.513. The largest absolute Gasteiger partial charge is 0.481 e. The van der Waals surface area contributed by atoms with Gasteiger partial charge in [0.05, 0.1) is 6.42 Å². The molecule has 0 aliphatic heterocycles. The number of aliphatic carboxylic acids is 1. The maximum atomic E-state index is 11.7. The number of carbonyl (C=O) groups excluding carboxylic acids is 1. The van der Waals surface area contributed by atoms with E-state index in [4.69, 9.17) is 10.8 Å². The van der Waals surface area contributed by atoms with E-state index >= 15 is 0 Å². The van der Waals surface area contributed by atoms with Crippen molar-refractivity contribution in [3.05, 3.63) is 0 Å². The average Bonchev–Trinajstić information content (AvgIpc) is 3.11. The summed E-state index contributed by atoms with van der Waals surface area (Å²) in [6, 6.07) is -0.168. The van der Waals surface area contributed by atoms with E-state index in [1.54, 1.807) is 0 Å². The molecule has 0 aromatic heterocycles. The molecule has 0 saturated heterocycles. The Bertz CT molecular complexity index is 277. The van der Waals surface area contributed by atoms with Crippen molar-refractivity contribution in [3.63, 3.8) is 0 Å². The first-order valence-electron chi connectivity index (χ1n) is 6.84. The van der Waals surface area contributed by atoms with Crippen molar-refractivity contribution in [3.8, 4) is 0 Å². The van der Waals surface area contributed by atoms with Crippen LogP contribution in [0.1, 0.15) is 51.4 Å². The normalized spacial score (nSPS) is 16.3. The van der Waals surface area contributed by atoms with Crippen LogP contribution in [0.15, 0.2) is 0 Å². The molecule has 5 nitrogen and oxygen atoms in total. The Morgan fingerprint density at radius 2 is 1.89 bits per heavy atom. The van der Waals surface area contributed by atoms with Gasteiger partial charge >= 0.3 is 5.97 Å². The van der Waals surface area contributed by atoms with Crippen LogP contribution in [0.5, 0.6) is 0 Å². The fourth-order valence-electron chi connectivity index (χ4n) is 2.08. The summed E-state index contributed by atoms with van der Waals surface area (Å²) in [7, 11) is 0. The molecule has 1 atom stereocenters. The van der Waals surface area contributed by atoms with Crippen LogP contribution in [-0.2, 0) is 9.59 Å². The summed E-state index contributed by atoms with van der Waals surface area (Å²) in [6.07, 6.45) is 6.55. The van der Waals surface area contributed by atoms with E-state index in [2.05, 4.69) is 5.32 Å². The van der Waals surface area contributed by atoms with Crippen LogP contribution in [0.4, 0.5) is 0 Å². The van der Waals surface area contributed by atoms with E-state index in [9.17, 15) is 9.59 Å². The lowest BCUT2D eigenvalue weighted by atomic mass is 10.1. The predicted octanol–water partition coefficient (Wildman–Crippen LogP) is 1.27. The molecule has 0 aromatic carbocycles. The van der Waals surface area contributed by atoms with Gasteiger partial charge in [-0.2, -0.15) is 0 Å². The second-order valence-electron chi connectivity index (χ2n) is 5.06. The molecule has 1 aliphatic carbocycles. The molecule has 1 rings (SSSR count).